The Balaban J connectivity index is 1.91. The fraction of sp³-hybridized carbons (Fsp3) is 0.429. The Kier molecular flexibility index (Phi) is 2.81. The van der Waals surface area contributed by atoms with Crippen molar-refractivity contribution in [3.8, 4) is 0 Å². The van der Waals surface area contributed by atoms with Crippen LogP contribution in [0.15, 0.2) is 22.6 Å². The molecule has 2 aromatic rings. The third kappa shape index (κ3) is 2.05. The maximum absolute atomic E-state index is 6.26. The van der Waals surface area contributed by atoms with Gasteiger partial charge < -0.3 is 10.2 Å². The largest absolute Gasteiger partial charge is 0.464 e. The van der Waals surface area contributed by atoms with Crippen LogP contribution in [0.2, 0.25) is 0 Å². The van der Waals surface area contributed by atoms with Gasteiger partial charge in [-0.25, -0.2) is 0 Å². The molecule has 2 heterocycles. The molecule has 0 fully saturated rings. The van der Waals surface area contributed by atoms with Gasteiger partial charge in [0, 0.05) is 9.75 Å². The number of hydrogen-bond donors (Lipinski definition) is 1. The lowest BCUT2D eigenvalue weighted by molar-refractivity contribution is 0.468. The van der Waals surface area contributed by atoms with Crippen LogP contribution in [-0.2, 0) is 12.8 Å². The first kappa shape index (κ1) is 11.1. The fourth-order valence-corrected chi connectivity index (χ4v) is 3.70. The number of rotatable bonds is 2. The average molecular weight is 247 g/mol. The van der Waals surface area contributed by atoms with Crippen molar-refractivity contribution in [2.45, 2.75) is 38.6 Å². The van der Waals surface area contributed by atoms with Crippen molar-refractivity contribution in [2.75, 3.05) is 0 Å². The molecule has 0 aromatic carbocycles. The molecule has 0 saturated carbocycles. The summed E-state index contributed by atoms with van der Waals surface area (Å²) in [5.41, 5.74) is 7.77. The van der Waals surface area contributed by atoms with Gasteiger partial charge >= 0.3 is 0 Å². The Labute approximate surface area is 105 Å². The summed E-state index contributed by atoms with van der Waals surface area (Å²) in [4.78, 5) is 2.77. The molecule has 1 aliphatic rings. The van der Waals surface area contributed by atoms with Crippen molar-refractivity contribution < 1.29 is 4.42 Å². The Hall–Kier alpha value is -1.06. The number of thiophene rings is 1. The highest BCUT2D eigenvalue weighted by Gasteiger charge is 2.19. The molecule has 2 aromatic heterocycles. The number of nitrogens with two attached hydrogens (primary N) is 1. The molecule has 17 heavy (non-hydrogen) atoms. The van der Waals surface area contributed by atoms with Gasteiger partial charge in [0.25, 0.3) is 0 Å². The smallest absolute Gasteiger partial charge is 0.126 e. The molecule has 0 radical (unpaired) electrons. The highest BCUT2D eigenvalue weighted by Crippen LogP contribution is 2.34. The van der Waals surface area contributed by atoms with E-state index in [1.54, 1.807) is 0 Å². The zero-order valence-electron chi connectivity index (χ0n) is 10.0. The van der Waals surface area contributed by atoms with Crippen LogP contribution >= 0.6 is 11.3 Å². The molecular weight excluding hydrogens is 230 g/mol. The quantitative estimate of drug-likeness (QED) is 0.881. The first-order valence-electron chi connectivity index (χ1n) is 6.17. The minimum atomic E-state index is -0.0979. The van der Waals surface area contributed by atoms with E-state index < -0.39 is 0 Å². The van der Waals surface area contributed by atoms with Gasteiger partial charge in [0.2, 0.25) is 0 Å². The SMILES string of the molecule is Cc1ccc(C(N)c2cc3c(s2)CCCC3)o1. The summed E-state index contributed by atoms with van der Waals surface area (Å²) in [6, 6.07) is 6.14. The third-order valence-electron chi connectivity index (χ3n) is 3.39. The van der Waals surface area contributed by atoms with E-state index >= 15 is 0 Å². The molecule has 0 aliphatic heterocycles. The van der Waals surface area contributed by atoms with E-state index in [1.807, 2.05) is 30.4 Å². The van der Waals surface area contributed by atoms with Crippen molar-refractivity contribution in [2.24, 2.45) is 5.73 Å². The van der Waals surface area contributed by atoms with E-state index in [1.165, 1.54) is 41.0 Å². The first-order chi connectivity index (χ1) is 8.24. The Bertz CT molecular complexity index is 503. The van der Waals surface area contributed by atoms with E-state index in [0.717, 1.165) is 11.5 Å². The average Bonchev–Trinajstić information content (AvgIpc) is 2.93. The molecular formula is C14H17NOS. The summed E-state index contributed by atoms with van der Waals surface area (Å²) < 4.78 is 5.61. The van der Waals surface area contributed by atoms with Crippen LogP contribution in [0.1, 0.15) is 45.7 Å². The van der Waals surface area contributed by atoms with Gasteiger partial charge in [0.15, 0.2) is 0 Å². The molecule has 0 bridgehead atoms. The second-order valence-corrected chi connectivity index (χ2v) is 5.90. The summed E-state index contributed by atoms with van der Waals surface area (Å²) in [5.74, 6) is 1.80. The normalized spacial score (nSPS) is 16.8. The number of furan rings is 1. The van der Waals surface area contributed by atoms with Crippen molar-refractivity contribution in [3.05, 3.63) is 45.0 Å². The number of fused-ring (bicyclic) bond motifs is 1. The molecule has 1 aliphatic carbocycles. The van der Waals surface area contributed by atoms with Crippen LogP contribution in [0.4, 0.5) is 0 Å². The van der Waals surface area contributed by atoms with Crippen molar-refractivity contribution >= 4 is 11.3 Å². The molecule has 3 heteroatoms. The van der Waals surface area contributed by atoms with Gasteiger partial charge in [-0.05, 0) is 56.4 Å². The molecule has 0 spiro atoms. The third-order valence-corrected chi connectivity index (χ3v) is 4.71. The second kappa shape index (κ2) is 4.31. The van der Waals surface area contributed by atoms with Gasteiger partial charge in [-0.2, -0.15) is 0 Å². The van der Waals surface area contributed by atoms with E-state index in [4.69, 9.17) is 10.2 Å². The van der Waals surface area contributed by atoms with Crippen LogP contribution in [0.3, 0.4) is 0 Å². The molecule has 1 atom stereocenters. The van der Waals surface area contributed by atoms with Gasteiger partial charge in [-0.15, -0.1) is 11.3 Å². The molecule has 0 saturated heterocycles. The van der Waals surface area contributed by atoms with Gasteiger partial charge in [-0.3, -0.25) is 0 Å². The summed E-state index contributed by atoms with van der Waals surface area (Å²) in [7, 11) is 0. The number of hydrogen-bond acceptors (Lipinski definition) is 3. The molecule has 0 amide bonds. The minimum absolute atomic E-state index is 0.0979. The molecule has 1 unspecified atom stereocenters. The van der Waals surface area contributed by atoms with E-state index in [-0.39, 0.29) is 6.04 Å². The predicted octanol–water partition coefficient (Wildman–Crippen LogP) is 3.58. The lowest BCUT2D eigenvalue weighted by Gasteiger charge is -2.08. The van der Waals surface area contributed by atoms with Crippen LogP contribution in [-0.4, -0.2) is 0 Å². The van der Waals surface area contributed by atoms with E-state index in [2.05, 4.69) is 6.07 Å². The van der Waals surface area contributed by atoms with Crippen molar-refractivity contribution in [3.63, 3.8) is 0 Å². The van der Waals surface area contributed by atoms with Crippen LogP contribution in [0, 0.1) is 6.92 Å². The molecule has 2 N–H and O–H groups in total. The first-order valence-corrected chi connectivity index (χ1v) is 6.99. The van der Waals surface area contributed by atoms with Crippen molar-refractivity contribution in [1.29, 1.82) is 0 Å². The van der Waals surface area contributed by atoms with Crippen molar-refractivity contribution in [1.82, 2.24) is 0 Å². The standard InChI is InChI=1S/C14H17NOS/c1-9-6-7-11(16-9)14(15)13-8-10-4-2-3-5-12(10)17-13/h6-8,14H,2-5,15H2,1H3. The lowest BCUT2D eigenvalue weighted by Crippen LogP contribution is -2.08. The Morgan fingerprint density at radius 2 is 2.12 bits per heavy atom. The highest BCUT2D eigenvalue weighted by atomic mass is 32.1. The second-order valence-electron chi connectivity index (χ2n) is 4.73. The maximum Gasteiger partial charge on any atom is 0.126 e. The van der Waals surface area contributed by atoms with E-state index in [0.29, 0.717) is 0 Å². The van der Waals surface area contributed by atoms with Gasteiger partial charge in [-0.1, -0.05) is 0 Å². The summed E-state index contributed by atoms with van der Waals surface area (Å²) >= 11 is 1.86. The summed E-state index contributed by atoms with van der Waals surface area (Å²) in [6.45, 7) is 1.95. The topological polar surface area (TPSA) is 39.2 Å². The summed E-state index contributed by atoms with van der Waals surface area (Å²) in [6.07, 6.45) is 5.08. The van der Waals surface area contributed by atoms with Gasteiger partial charge in [0.1, 0.15) is 11.5 Å². The monoisotopic (exact) mass is 247 g/mol. The summed E-state index contributed by atoms with van der Waals surface area (Å²) in [5, 5.41) is 0. The highest BCUT2D eigenvalue weighted by molar-refractivity contribution is 7.12. The van der Waals surface area contributed by atoms with Gasteiger partial charge in [0.05, 0.1) is 6.04 Å². The molecule has 90 valence electrons. The van der Waals surface area contributed by atoms with E-state index in [9.17, 15) is 0 Å². The molecule has 3 rings (SSSR count). The number of aryl methyl sites for hydroxylation is 3. The lowest BCUT2D eigenvalue weighted by atomic mass is 9.99. The Morgan fingerprint density at radius 3 is 2.82 bits per heavy atom. The molecule has 2 nitrogen and oxygen atoms in total. The maximum atomic E-state index is 6.26. The van der Waals surface area contributed by atoms with Crippen LogP contribution in [0.5, 0.6) is 0 Å². The zero-order valence-corrected chi connectivity index (χ0v) is 10.8. The fourth-order valence-electron chi connectivity index (χ4n) is 2.43. The van der Waals surface area contributed by atoms with Crippen LogP contribution < -0.4 is 5.73 Å². The minimum Gasteiger partial charge on any atom is -0.464 e. The Morgan fingerprint density at radius 1 is 1.29 bits per heavy atom. The zero-order chi connectivity index (χ0) is 11.8. The van der Waals surface area contributed by atoms with Crippen LogP contribution in [0.25, 0.3) is 0 Å². The predicted molar refractivity (Wildman–Crippen MR) is 70.4 cm³/mol.